The fourth-order valence-electron chi connectivity index (χ4n) is 2.38. The molecule has 112 valence electrons. The molecule has 20 heavy (non-hydrogen) atoms. The molecule has 1 aliphatic rings. The molecule has 2 rings (SSSR count). The summed E-state index contributed by atoms with van der Waals surface area (Å²) >= 11 is 0. The van der Waals surface area contributed by atoms with Crippen LogP contribution in [0.25, 0.3) is 0 Å². The predicted molar refractivity (Wildman–Crippen MR) is 78.7 cm³/mol. The Balaban J connectivity index is 2.22. The number of nitrogen functional groups attached to an aromatic ring is 1. The predicted octanol–water partition coefficient (Wildman–Crippen LogP) is 3.18. The van der Waals surface area contributed by atoms with E-state index in [1.807, 2.05) is 13.8 Å². The molecule has 0 amide bonds. The summed E-state index contributed by atoms with van der Waals surface area (Å²) in [6.07, 6.45) is 1.90. The van der Waals surface area contributed by atoms with Crippen LogP contribution in [0, 0.1) is 5.82 Å². The summed E-state index contributed by atoms with van der Waals surface area (Å²) < 4.78 is 24.8. The molecule has 1 atom stereocenters. The average molecular weight is 282 g/mol. The van der Waals surface area contributed by atoms with Gasteiger partial charge in [0.25, 0.3) is 0 Å². The van der Waals surface area contributed by atoms with Gasteiger partial charge >= 0.3 is 0 Å². The van der Waals surface area contributed by atoms with Crippen molar-refractivity contribution in [1.82, 2.24) is 0 Å². The first-order valence-electron chi connectivity index (χ1n) is 7.01. The average Bonchev–Trinajstić information content (AvgIpc) is 2.35. The molecular weight excluding hydrogens is 259 g/mol. The van der Waals surface area contributed by atoms with Crippen LogP contribution in [-0.4, -0.2) is 24.9 Å². The lowest BCUT2D eigenvalue weighted by atomic mass is 9.94. The van der Waals surface area contributed by atoms with Gasteiger partial charge in [-0.15, -0.1) is 0 Å². The Bertz CT molecular complexity index is 471. The molecule has 0 spiro atoms. The second-order valence-electron chi connectivity index (χ2n) is 5.88. The zero-order valence-electron chi connectivity index (χ0n) is 12.3. The van der Waals surface area contributed by atoms with E-state index in [4.69, 9.17) is 15.2 Å². The second kappa shape index (κ2) is 5.87. The number of halogens is 1. The summed E-state index contributed by atoms with van der Waals surface area (Å²) in [5.74, 6) is -0.219. The van der Waals surface area contributed by atoms with Gasteiger partial charge < -0.3 is 20.5 Å². The van der Waals surface area contributed by atoms with Gasteiger partial charge in [-0.3, -0.25) is 0 Å². The van der Waals surface area contributed by atoms with Crippen LogP contribution in [0.2, 0.25) is 0 Å². The smallest absolute Gasteiger partial charge is 0.167 e. The van der Waals surface area contributed by atoms with Crippen LogP contribution in [0.3, 0.4) is 0 Å². The molecule has 0 aromatic heterocycles. The Hall–Kier alpha value is -1.49. The largest absolute Gasteiger partial charge is 0.488 e. The molecule has 1 saturated heterocycles. The van der Waals surface area contributed by atoms with Crippen molar-refractivity contribution in [2.75, 3.05) is 24.3 Å². The maximum atomic E-state index is 13.8. The fourth-order valence-corrected chi connectivity index (χ4v) is 2.38. The van der Waals surface area contributed by atoms with Gasteiger partial charge in [0, 0.05) is 18.7 Å². The molecule has 0 aliphatic carbocycles. The van der Waals surface area contributed by atoms with Gasteiger partial charge in [-0.05, 0) is 33.6 Å². The summed E-state index contributed by atoms with van der Waals surface area (Å²) in [4.78, 5) is 0. The lowest BCUT2D eigenvalue weighted by Crippen LogP contribution is -2.43. The van der Waals surface area contributed by atoms with Gasteiger partial charge in [0.1, 0.15) is 0 Å². The van der Waals surface area contributed by atoms with Crippen molar-refractivity contribution in [2.24, 2.45) is 0 Å². The summed E-state index contributed by atoms with van der Waals surface area (Å²) in [6.45, 7) is 7.21. The van der Waals surface area contributed by atoms with Crippen LogP contribution in [0.4, 0.5) is 15.8 Å². The quantitative estimate of drug-likeness (QED) is 0.833. The maximum absolute atomic E-state index is 13.8. The number of benzene rings is 1. The first-order valence-corrected chi connectivity index (χ1v) is 7.01. The van der Waals surface area contributed by atoms with Crippen molar-refractivity contribution in [3.05, 3.63) is 17.9 Å². The van der Waals surface area contributed by atoms with Gasteiger partial charge in [-0.25, -0.2) is 4.39 Å². The highest BCUT2D eigenvalue weighted by Gasteiger charge is 2.28. The van der Waals surface area contributed by atoms with Crippen molar-refractivity contribution < 1.29 is 13.9 Å². The molecule has 5 heteroatoms. The summed E-state index contributed by atoms with van der Waals surface area (Å²) in [5, 5.41) is 3.37. The minimum Gasteiger partial charge on any atom is -0.488 e. The minimum absolute atomic E-state index is 0.0884. The molecule has 1 heterocycles. The molecule has 0 saturated carbocycles. The second-order valence-corrected chi connectivity index (χ2v) is 5.88. The number of ether oxygens (including phenoxy) is 2. The van der Waals surface area contributed by atoms with Gasteiger partial charge in [0.15, 0.2) is 11.6 Å². The van der Waals surface area contributed by atoms with E-state index >= 15 is 0 Å². The number of hydrogen-bond donors (Lipinski definition) is 2. The number of anilines is 2. The van der Waals surface area contributed by atoms with Gasteiger partial charge in [0.05, 0.1) is 29.6 Å². The maximum Gasteiger partial charge on any atom is 0.167 e. The third-order valence-electron chi connectivity index (χ3n) is 3.34. The van der Waals surface area contributed by atoms with E-state index in [0.717, 1.165) is 19.4 Å². The summed E-state index contributed by atoms with van der Waals surface area (Å²) in [5.41, 5.74) is 6.79. The molecule has 4 nitrogen and oxygen atoms in total. The van der Waals surface area contributed by atoms with Crippen molar-refractivity contribution in [2.45, 2.75) is 45.3 Å². The van der Waals surface area contributed by atoms with E-state index in [2.05, 4.69) is 12.2 Å². The number of rotatable bonds is 4. The lowest BCUT2D eigenvalue weighted by Gasteiger charge is -2.35. The molecule has 3 N–H and O–H groups in total. The van der Waals surface area contributed by atoms with Crippen LogP contribution in [0.5, 0.6) is 5.75 Å². The van der Waals surface area contributed by atoms with Crippen molar-refractivity contribution >= 4 is 11.4 Å². The highest BCUT2D eigenvalue weighted by molar-refractivity contribution is 5.69. The Labute approximate surface area is 119 Å². The Morgan fingerprint density at radius 3 is 2.80 bits per heavy atom. The zero-order chi connectivity index (χ0) is 14.8. The summed E-state index contributed by atoms with van der Waals surface area (Å²) in [7, 11) is 0. The molecular formula is C15H23FN2O2. The SMILES string of the molecule is CC(C)Oc1cc(NC2(C)CCCOC2)c(N)cc1F. The molecule has 0 bridgehead atoms. The first-order chi connectivity index (χ1) is 9.39. The lowest BCUT2D eigenvalue weighted by molar-refractivity contribution is 0.0540. The van der Waals surface area contributed by atoms with E-state index in [1.54, 1.807) is 6.07 Å². The van der Waals surface area contributed by atoms with Gasteiger partial charge in [0.2, 0.25) is 0 Å². The van der Waals surface area contributed by atoms with E-state index in [0.29, 0.717) is 18.0 Å². The molecule has 0 radical (unpaired) electrons. The van der Waals surface area contributed by atoms with Crippen molar-refractivity contribution in [3.63, 3.8) is 0 Å². The Morgan fingerprint density at radius 2 is 2.20 bits per heavy atom. The molecule has 1 fully saturated rings. The molecule has 1 aromatic rings. The molecule has 1 unspecified atom stereocenters. The van der Waals surface area contributed by atoms with Crippen LogP contribution < -0.4 is 15.8 Å². The highest BCUT2D eigenvalue weighted by atomic mass is 19.1. The standard InChI is InChI=1S/C15H23FN2O2/c1-10(2)20-14-8-13(12(17)7-11(14)16)18-15(3)5-4-6-19-9-15/h7-8,10,18H,4-6,9,17H2,1-3H3. The normalized spacial score (nSPS) is 22.9. The van der Waals surface area contributed by atoms with E-state index in [9.17, 15) is 4.39 Å². The summed E-state index contributed by atoms with van der Waals surface area (Å²) in [6, 6.07) is 2.93. The van der Waals surface area contributed by atoms with Crippen molar-refractivity contribution in [1.29, 1.82) is 0 Å². The first kappa shape index (κ1) is 14.9. The van der Waals surface area contributed by atoms with E-state index in [1.165, 1.54) is 6.07 Å². The third-order valence-corrected chi connectivity index (χ3v) is 3.34. The highest BCUT2D eigenvalue weighted by Crippen LogP contribution is 2.32. The van der Waals surface area contributed by atoms with Crippen LogP contribution in [0.15, 0.2) is 12.1 Å². The van der Waals surface area contributed by atoms with Crippen LogP contribution in [-0.2, 0) is 4.74 Å². The number of nitrogens with one attached hydrogen (secondary N) is 1. The van der Waals surface area contributed by atoms with E-state index < -0.39 is 5.82 Å². The molecule has 1 aliphatic heterocycles. The Morgan fingerprint density at radius 1 is 1.45 bits per heavy atom. The van der Waals surface area contributed by atoms with E-state index in [-0.39, 0.29) is 17.4 Å². The third kappa shape index (κ3) is 3.54. The number of hydrogen-bond acceptors (Lipinski definition) is 4. The monoisotopic (exact) mass is 282 g/mol. The zero-order valence-corrected chi connectivity index (χ0v) is 12.3. The molecule has 1 aromatic carbocycles. The fraction of sp³-hybridized carbons (Fsp3) is 0.600. The topological polar surface area (TPSA) is 56.5 Å². The van der Waals surface area contributed by atoms with Crippen molar-refractivity contribution in [3.8, 4) is 5.75 Å². The number of nitrogens with two attached hydrogens (primary N) is 1. The van der Waals surface area contributed by atoms with Crippen LogP contribution >= 0.6 is 0 Å². The van der Waals surface area contributed by atoms with Crippen LogP contribution in [0.1, 0.15) is 33.6 Å². The van der Waals surface area contributed by atoms with Gasteiger partial charge in [-0.2, -0.15) is 0 Å². The Kier molecular flexibility index (Phi) is 4.38. The minimum atomic E-state index is -0.438. The van der Waals surface area contributed by atoms with Gasteiger partial charge in [-0.1, -0.05) is 0 Å².